The Morgan fingerprint density at radius 2 is 2.09 bits per heavy atom. The lowest BCUT2D eigenvalue weighted by Crippen LogP contribution is -2.58. The van der Waals surface area contributed by atoms with Crippen molar-refractivity contribution in [2.45, 2.75) is 77.7 Å². The number of nitriles is 1. The number of rotatable bonds is 5. The molecule has 4 heterocycles. The first-order valence-electron chi connectivity index (χ1n) is 12.4. The predicted molar refractivity (Wildman–Crippen MR) is 128 cm³/mol. The van der Waals surface area contributed by atoms with E-state index in [4.69, 9.17) is 9.72 Å². The molecule has 2 aromatic rings. The van der Waals surface area contributed by atoms with Crippen molar-refractivity contribution in [2.75, 3.05) is 24.5 Å². The SMILES string of the molecule is CC(C)C1CN(c2nc(C3CC3)c3c(c2C#N)CC(C)(C)OC3)CCN1C(=O)Cn1ccnc1. The van der Waals surface area contributed by atoms with Crippen LogP contribution in [-0.2, 0) is 29.1 Å². The van der Waals surface area contributed by atoms with E-state index in [1.54, 1.807) is 12.5 Å². The van der Waals surface area contributed by atoms with Gasteiger partial charge < -0.3 is 19.1 Å². The lowest BCUT2D eigenvalue weighted by atomic mass is 9.87. The summed E-state index contributed by atoms with van der Waals surface area (Å²) in [4.78, 5) is 26.6. The van der Waals surface area contributed by atoms with Gasteiger partial charge in [-0.1, -0.05) is 13.8 Å². The average molecular weight is 463 g/mol. The molecule has 1 unspecified atom stereocenters. The van der Waals surface area contributed by atoms with E-state index in [1.165, 1.54) is 0 Å². The summed E-state index contributed by atoms with van der Waals surface area (Å²) in [5.74, 6) is 1.66. The number of aromatic nitrogens is 3. The summed E-state index contributed by atoms with van der Waals surface area (Å²) in [6.07, 6.45) is 8.22. The van der Waals surface area contributed by atoms with Crippen LogP contribution in [0.4, 0.5) is 5.82 Å². The van der Waals surface area contributed by atoms with Gasteiger partial charge in [0, 0.05) is 49.9 Å². The number of ether oxygens (including phenoxy) is 1. The molecule has 34 heavy (non-hydrogen) atoms. The largest absolute Gasteiger partial charge is 0.370 e. The Morgan fingerprint density at radius 3 is 2.74 bits per heavy atom. The normalized spacial score (nSPS) is 21.9. The van der Waals surface area contributed by atoms with Gasteiger partial charge in [-0.2, -0.15) is 5.26 Å². The molecule has 1 saturated heterocycles. The topological polar surface area (TPSA) is 87.3 Å². The number of imidazole rings is 1. The van der Waals surface area contributed by atoms with Crippen molar-refractivity contribution in [1.29, 1.82) is 5.26 Å². The lowest BCUT2D eigenvalue weighted by Gasteiger charge is -2.44. The molecule has 0 radical (unpaired) electrons. The Kier molecular flexibility index (Phi) is 5.85. The molecule has 1 amide bonds. The molecule has 1 atom stereocenters. The Labute approximate surface area is 201 Å². The maximum absolute atomic E-state index is 13.1. The van der Waals surface area contributed by atoms with Crippen molar-refractivity contribution >= 4 is 11.7 Å². The summed E-state index contributed by atoms with van der Waals surface area (Å²) in [5, 5.41) is 10.2. The number of carbonyl (C=O) groups excluding carboxylic acids is 1. The van der Waals surface area contributed by atoms with E-state index >= 15 is 0 Å². The molecule has 0 bridgehead atoms. The quantitative estimate of drug-likeness (QED) is 0.678. The maximum Gasteiger partial charge on any atom is 0.242 e. The van der Waals surface area contributed by atoms with Crippen LogP contribution in [-0.4, -0.2) is 56.6 Å². The first kappa shape index (κ1) is 22.9. The maximum atomic E-state index is 13.1. The van der Waals surface area contributed by atoms with Crippen LogP contribution < -0.4 is 4.90 Å². The Hall–Kier alpha value is -2.92. The molecule has 8 nitrogen and oxygen atoms in total. The summed E-state index contributed by atoms with van der Waals surface area (Å²) >= 11 is 0. The van der Waals surface area contributed by atoms with Gasteiger partial charge >= 0.3 is 0 Å². The third-order valence-electron chi connectivity index (χ3n) is 7.40. The van der Waals surface area contributed by atoms with Crippen molar-refractivity contribution in [1.82, 2.24) is 19.4 Å². The Bertz CT molecular complexity index is 1110. The summed E-state index contributed by atoms with van der Waals surface area (Å²) in [6, 6.07) is 2.56. The van der Waals surface area contributed by atoms with Crippen LogP contribution in [0.5, 0.6) is 0 Å². The first-order chi connectivity index (χ1) is 16.3. The van der Waals surface area contributed by atoms with E-state index in [0.29, 0.717) is 44.3 Å². The molecule has 2 aliphatic heterocycles. The lowest BCUT2D eigenvalue weighted by molar-refractivity contribution is -0.135. The van der Waals surface area contributed by atoms with E-state index in [9.17, 15) is 10.1 Å². The van der Waals surface area contributed by atoms with Crippen LogP contribution in [0.1, 0.15) is 68.8 Å². The fourth-order valence-corrected chi connectivity index (χ4v) is 5.33. The fraction of sp³-hybridized carbons (Fsp3) is 0.615. The zero-order valence-electron chi connectivity index (χ0n) is 20.6. The highest BCUT2D eigenvalue weighted by atomic mass is 16.5. The minimum absolute atomic E-state index is 0.0540. The second-order valence-corrected chi connectivity index (χ2v) is 10.8. The number of hydrogen-bond acceptors (Lipinski definition) is 6. The molecule has 3 aliphatic rings. The van der Waals surface area contributed by atoms with Gasteiger partial charge in [-0.3, -0.25) is 4.79 Å². The van der Waals surface area contributed by atoms with Crippen molar-refractivity contribution < 1.29 is 9.53 Å². The number of fused-ring (bicyclic) bond motifs is 1. The summed E-state index contributed by atoms with van der Waals surface area (Å²) in [7, 11) is 0. The van der Waals surface area contributed by atoms with Crippen LogP contribution in [0, 0.1) is 17.2 Å². The van der Waals surface area contributed by atoms with Gasteiger partial charge in [-0.05, 0) is 38.2 Å². The number of anilines is 1. The molecule has 1 aliphatic carbocycles. The minimum atomic E-state index is -0.295. The number of carbonyl (C=O) groups is 1. The van der Waals surface area contributed by atoms with E-state index in [1.807, 2.05) is 15.7 Å². The van der Waals surface area contributed by atoms with E-state index in [0.717, 1.165) is 41.9 Å². The second-order valence-electron chi connectivity index (χ2n) is 10.8. The average Bonchev–Trinajstić information content (AvgIpc) is 3.53. The summed E-state index contributed by atoms with van der Waals surface area (Å²) < 4.78 is 7.93. The molecule has 180 valence electrons. The van der Waals surface area contributed by atoms with E-state index < -0.39 is 0 Å². The first-order valence-corrected chi connectivity index (χ1v) is 12.4. The van der Waals surface area contributed by atoms with Crippen LogP contribution >= 0.6 is 0 Å². The molecule has 0 aromatic carbocycles. The molecular formula is C26H34N6O2. The van der Waals surface area contributed by atoms with Gasteiger partial charge in [0.25, 0.3) is 0 Å². The third kappa shape index (κ3) is 4.29. The number of nitrogens with zero attached hydrogens (tertiary/aromatic N) is 6. The molecule has 8 heteroatoms. The highest BCUT2D eigenvalue weighted by molar-refractivity contribution is 5.77. The number of hydrogen-bond donors (Lipinski definition) is 0. The monoisotopic (exact) mass is 462 g/mol. The van der Waals surface area contributed by atoms with Gasteiger partial charge in [-0.15, -0.1) is 0 Å². The van der Waals surface area contributed by atoms with Crippen LogP contribution in [0.2, 0.25) is 0 Å². The molecule has 1 saturated carbocycles. The van der Waals surface area contributed by atoms with Gasteiger partial charge in [-0.25, -0.2) is 9.97 Å². The summed E-state index contributed by atoms with van der Waals surface area (Å²) in [5.41, 5.74) is 3.77. The van der Waals surface area contributed by atoms with E-state index in [-0.39, 0.29) is 23.5 Å². The van der Waals surface area contributed by atoms with E-state index in [2.05, 4.69) is 43.6 Å². The third-order valence-corrected chi connectivity index (χ3v) is 7.40. The number of piperazine rings is 1. The second kappa shape index (κ2) is 8.70. The number of amides is 1. The van der Waals surface area contributed by atoms with Crippen molar-refractivity contribution in [3.8, 4) is 6.07 Å². The van der Waals surface area contributed by atoms with Crippen molar-refractivity contribution in [3.05, 3.63) is 41.1 Å². The minimum Gasteiger partial charge on any atom is -0.370 e. The van der Waals surface area contributed by atoms with Gasteiger partial charge in [0.05, 0.1) is 35.8 Å². The van der Waals surface area contributed by atoms with Gasteiger partial charge in [0.15, 0.2) is 0 Å². The van der Waals surface area contributed by atoms with Crippen LogP contribution in [0.3, 0.4) is 0 Å². The molecule has 2 fully saturated rings. The molecular weight excluding hydrogens is 428 g/mol. The van der Waals surface area contributed by atoms with Crippen LogP contribution in [0.15, 0.2) is 18.7 Å². The fourth-order valence-electron chi connectivity index (χ4n) is 5.33. The van der Waals surface area contributed by atoms with Gasteiger partial charge in [0.2, 0.25) is 5.91 Å². The molecule has 2 aromatic heterocycles. The van der Waals surface area contributed by atoms with Crippen molar-refractivity contribution in [3.63, 3.8) is 0 Å². The smallest absolute Gasteiger partial charge is 0.242 e. The van der Waals surface area contributed by atoms with Crippen LogP contribution in [0.25, 0.3) is 0 Å². The molecule has 0 spiro atoms. The van der Waals surface area contributed by atoms with Gasteiger partial charge in [0.1, 0.15) is 18.4 Å². The molecule has 0 N–H and O–H groups in total. The highest BCUT2D eigenvalue weighted by Crippen LogP contribution is 2.46. The zero-order chi connectivity index (χ0) is 24.0. The Morgan fingerprint density at radius 1 is 1.29 bits per heavy atom. The molecule has 5 rings (SSSR count). The zero-order valence-corrected chi connectivity index (χ0v) is 20.6. The highest BCUT2D eigenvalue weighted by Gasteiger charge is 2.39. The predicted octanol–water partition coefficient (Wildman–Crippen LogP) is 3.25. The number of pyridine rings is 1. The van der Waals surface area contributed by atoms with Crippen molar-refractivity contribution in [2.24, 2.45) is 5.92 Å². The summed E-state index contributed by atoms with van der Waals surface area (Å²) in [6.45, 7) is 11.3. The Balaban J connectivity index is 1.46. The standard InChI is InChI=1S/C26H34N6O2/c1-17(2)22-13-31(9-10-32(22)23(33)14-30-8-7-28-16-30)25-20(12-27)19-11-26(3,4)34-15-21(19)24(29-25)18-5-6-18/h7-8,16-18,22H,5-6,9-11,13-15H2,1-4H3.